The smallest absolute Gasteiger partial charge is 0.152 e. The Morgan fingerprint density at radius 2 is 2.28 bits per heavy atom. The normalized spacial score (nSPS) is 14.8. The second-order valence-corrected chi connectivity index (χ2v) is 5.09. The number of nitrogens with zero attached hydrogens (tertiary/aromatic N) is 3. The molecule has 2 heterocycles. The van der Waals surface area contributed by atoms with Gasteiger partial charge in [-0.3, -0.25) is 0 Å². The Balaban J connectivity index is 1.73. The quantitative estimate of drug-likeness (QED) is 0.861. The predicted octanol–water partition coefficient (Wildman–Crippen LogP) is 3.19. The maximum Gasteiger partial charge on any atom is 0.152 e. The van der Waals surface area contributed by atoms with Gasteiger partial charge in [-0.2, -0.15) is 0 Å². The molecule has 1 N–H and O–H groups in total. The summed E-state index contributed by atoms with van der Waals surface area (Å²) in [6.07, 6.45) is 8.10. The van der Waals surface area contributed by atoms with Gasteiger partial charge in [0.2, 0.25) is 0 Å². The van der Waals surface area contributed by atoms with Crippen LogP contribution in [-0.4, -0.2) is 14.5 Å². The lowest BCUT2D eigenvalue weighted by Crippen LogP contribution is -2.06. The second kappa shape index (κ2) is 4.61. The second-order valence-electron chi connectivity index (χ2n) is 4.73. The van der Waals surface area contributed by atoms with Gasteiger partial charge in [-0.25, -0.2) is 9.97 Å². The molecule has 0 aliphatic heterocycles. The molecule has 5 heteroatoms. The molecule has 0 radical (unpaired) electrons. The molecule has 0 amide bonds. The Bertz CT molecular complexity index is 560. The van der Waals surface area contributed by atoms with Gasteiger partial charge in [0.25, 0.3) is 0 Å². The number of aryl methyl sites for hydroxylation is 1. The minimum Gasteiger partial charge on any atom is -0.377 e. The van der Waals surface area contributed by atoms with Crippen molar-refractivity contribution in [2.45, 2.75) is 32.4 Å². The van der Waals surface area contributed by atoms with Crippen molar-refractivity contribution in [2.24, 2.45) is 0 Å². The van der Waals surface area contributed by atoms with Crippen LogP contribution in [0, 0.1) is 6.92 Å². The fraction of sp³-hybridized carbons (Fsp3) is 0.385. The fourth-order valence-corrected chi connectivity index (χ4v) is 2.18. The van der Waals surface area contributed by atoms with Gasteiger partial charge in [-0.15, -0.1) is 0 Å². The maximum absolute atomic E-state index is 6.06. The predicted molar refractivity (Wildman–Crippen MR) is 71.8 cm³/mol. The minimum absolute atomic E-state index is 0.512. The van der Waals surface area contributed by atoms with Crippen LogP contribution in [0.5, 0.6) is 0 Å². The highest BCUT2D eigenvalue weighted by Crippen LogP contribution is 2.35. The van der Waals surface area contributed by atoms with E-state index in [1.165, 1.54) is 18.5 Å². The third-order valence-corrected chi connectivity index (χ3v) is 3.42. The van der Waals surface area contributed by atoms with Crippen LogP contribution in [-0.2, 0) is 6.54 Å². The van der Waals surface area contributed by atoms with Crippen LogP contribution >= 0.6 is 11.6 Å². The largest absolute Gasteiger partial charge is 0.377 e. The Labute approximate surface area is 111 Å². The molecule has 2 aromatic heterocycles. The van der Waals surface area contributed by atoms with Crippen molar-refractivity contribution in [1.82, 2.24) is 14.5 Å². The zero-order chi connectivity index (χ0) is 12.5. The van der Waals surface area contributed by atoms with E-state index in [9.17, 15) is 0 Å². The zero-order valence-corrected chi connectivity index (χ0v) is 11.0. The third-order valence-electron chi connectivity index (χ3n) is 3.12. The van der Waals surface area contributed by atoms with E-state index in [-0.39, 0.29) is 0 Å². The molecule has 0 atom stereocenters. The van der Waals surface area contributed by atoms with Gasteiger partial charge in [0, 0.05) is 18.4 Å². The average molecular weight is 263 g/mol. The number of rotatable bonds is 4. The first-order valence-electron chi connectivity index (χ1n) is 6.11. The summed E-state index contributed by atoms with van der Waals surface area (Å²) in [5, 5.41) is 3.84. The Morgan fingerprint density at radius 3 is 3.06 bits per heavy atom. The van der Waals surface area contributed by atoms with Crippen LogP contribution in [0.4, 0.5) is 5.69 Å². The number of hydrogen-bond donors (Lipinski definition) is 1. The lowest BCUT2D eigenvalue weighted by molar-refractivity contribution is 0.701. The van der Waals surface area contributed by atoms with E-state index < -0.39 is 0 Å². The number of imidazole rings is 1. The lowest BCUT2D eigenvalue weighted by atomic mass is 10.3. The van der Waals surface area contributed by atoms with Crippen molar-refractivity contribution in [3.63, 3.8) is 0 Å². The Kier molecular flexibility index (Phi) is 2.96. The first-order valence-corrected chi connectivity index (χ1v) is 6.48. The van der Waals surface area contributed by atoms with Gasteiger partial charge in [0.1, 0.15) is 0 Å². The van der Waals surface area contributed by atoms with E-state index in [2.05, 4.69) is 19.9 Å². The highest BCUT2D eigenvalue weighted by molar-refractivity contribution is 6.31. The minimum atomic E-state index is 0.512. The first-order chi connectivity index (χ1) is 8.74. The molecule has 4 nitrogen and oxygen atoms in total. The van der Waals surface area contributed by atoms with Crippen molar-refractivity contribution in [1.29, 1.82) is 0 Å². The van der Waals surface area contributed by atoms with Crippen LogP contribution in [0.25, 0.3) is 0 Å². The SMILES string of the molecule is Cc1cnc(Cl)c(NCc2cncn2C2CC2)c1. The average Bonchev–Trinajstić information content (AvgIpc) is 3.10. The van der Waals surface area contributed by atoms with Crippen LogP contribution in [0.2, 0.25) is 5.15 Å². The molecule has 0 unspecified atom stereocenters. The van der Waals surface area contributed by atoms with Crippen LogP contribution in [0.3, 0.4) is 0 Å². The van der Waals surface area contributed by atoms with E-state index in [1.54, 1.807) is 6.20 Å². The fourth-order valence-electron chi connectivity index (χ4n) is 2.01. The van der Waals surface area contributed by atoms with Gasteiger partial charge < -0.3 is 9.88 Å². The summed E-state index contributed by atoms with van der Waals surface area (Å²) >= 11 is 6.06. The monoisotopic (exact) mass is 262 g/mol. The number of anilines is 1. The molecule has 1 saturated carbocycles. The van der Waals surface area contributed by atoms with E-state index in [0.717, 1.165) is 17.8 Å². The molecule has 1 fully saturated rings. The van der Waals surface area contributed by atoms with Gasteiger partial charge in [0.05, 0.1) is 24.3 Å². The molecule has 2 aromatic rings. The van der Waals surface area contributed by atoms with Crippen LogP contribution in [0.1, 0.15) is 30.1 Å². The van der Waals surface area contributed by atoms with E-state index in [0.29, 0.717) is 11.2 Å². The van der Waals surface area contributed by atoms with Crippen LogP contribution in [0.15, 0.2) is 24.8 Å². The molecule has 0 aromatic carbocycles. The summed E-state index contributed by atoms with van der Waals surface area (Å²) in [6.45, 7) is 2.73. The summed E-state index contributed by atoms with van der Waals surface area (Å²) in [5.74, 6) is 0. The molecule has 0 saturated heterocycles. The zero-order valence-electron chi connectivity index (χ0n) is 10.2. The number of hydrogen-bond acceptors (Lipinski definition) is 3. The summed E-state index contributed by atoms with van der Waals surface area (Å²) in [7, 11) is 0. The Hall–Kier alpha value is -1.55. The molecule has 1 aliphatic rings. The summed E-state index contributed by atoms with van der Waals surface area (Å²) in [5.41, 5.74) is 3.16. The molecule has 18 heavy (non-hydrogen) atoms. The van der Waals surface area contributed by atoms with Gasteiger partial charge in [-0.05, 0) is 31.4 Å². The first kappa shape index (κ1) is 11.5. The highest BCUT2D eigenvalue weighted by Gasteiger charge is 2.24. The van der Waals surface area contributed by atoms with Gasteiger partial charge in [0.15, 0.2) is 5.15 Å². The maximum atomic E-state index is 6.06. The van der Waals surface area contributed by atoms with Gasteiger partial charge in [-0.1, -0.05) is 11.6 Å². The summed E-state index contributed by atoms with van der Waals surface area (Å²) in [6, 6.07) is 2.66. The lowest BCUT2D eigenvalue weighted by Gasteiger charge is -2.10. The summed E-state index contributed by atoms with van der Waals surface area (Å²) < 4.78 is 2.24. The standard InChI is InChI=1S/C13H15ClN4/c1-9-4-12(13(14)17-5-9)16-7-11-6-15-8-18(11)10-2-3-10/h4-6,8,10,16H,2-3,7H2,1H3. The summed E-state index contributed by atoms with van der Waals surface area (Å²) in [4.78, 5) is 8.34. The molecule has 3 rings (SSSR count). The topological polar surface area (TPSA) is 42.7 Å². The van der Waals surface area contributed by atoms with Crippen molar-refractivity contribution >= 4 is 17.3 Å². The van der Waals surface area contributed by atoms with Crippen molar-refractivity contribution in [3.05, 3.63) is 41.2 Å². The number of halogens is 1. The molecular weight excluding hydrogens is 248 g/mol. The third kappa shape index (κ3) is 2.34. The van der Waals surface area contributed by atoms with Crippen molar-refractivity contribution in [2.75, 3.05) is 5.32 Å². The van der Waals surface area contributed by atoms with Gasteiger partial charge >= 0.3 is 0 Å². The number of aromatic nitrogens is 3. The highest BCUT2D eigenvalue weighted by atomic mass is 35.5. The molecular formula is C13H15ClN4. The molecule has 0 spiro atoms. The van der Waals surface area contributed by atoms with E-state index in [1.807, 2.05) is 25.5 Å². The van der Waals surface area contributed by atoms with Crippen molar-refractivity contribution in [3.8, 4) is 0 Å². The van der Waals surface area contributed by atoms with Crippen LogP contribution < -0.4 is 5.32 Å². The van der Waals surface area contributed by atoms with E-state index >= 15 is 0 Å². The number of nitrogens with one attached hydrogen (secondary N) is 1. The Morgan fingerprint density at radius 1 is 1.44 bits per heavy atom. The molecule has 1 aliphatic carbocycles. The number of pyridine rings is 1. The molecule has 94 valence electrons. The van der Waals surface area contributed by atoms with Crippen molar-refractivity contribution < 1.29 is 0 Å². The van der Waals surface area contributed by atoms with E-state index in [4.69, 9.17) is 11.6 Å². The molecule has 0 bridgehead atoms.